The first kappa shape index (κ1) is 12.8. The highest BCUT2D eigenvalue weighted by Crippen LogP contribution is 1.95. The number of aromatic nitrogens is 3. The van der Waals surface area contributed by atoms with Crippen LogP contribution in [0.3, 0.4) is 0 Å². The van der Waals surface area contributed by atoms with E-state index in [0.717, 1.165) is 0 Å². The van der Waals surface area contributed by atoms with Gasteiger partial charge in [-0.1, -0.05) is 0 Å². The maximum Gasteiger partial charge on any atom is 0.326 e. The Labute approximate surface area is 95.9 Å². The van der Waals surface area contributed by atoms with Gasteiger partial charge in [0.15, 0.2) is 0 Å². The van der Waals surface area contributed by atoms with Crippen LogP contribution in [0.5, 0.6) is 0 Å². The first-order valence-corrected chi connectivity index (χ1v) is 4.68. The predicted octanol–water partition coefficient (Wildman–Crippen LogP) is -1.17. The molecule has 0 saturated carbocycles. The Bertz CT molecular complexity index is 385. The van der Waals surface area contributed by atoms with E-state index in [1.54, 1.807) is 0 Å². The lowest BCUT2D eigenvalue weighted by atomic mass is 10.2. The van der Waals surface area contributed by atoms with Crippen LogP contribution < -0.4 is 10.6 Å². The highest BCUT2D eigenvalue weighted by Gasteiger charge is 2.19. The van der Waals surface area contributed by atoms with Crippen molar-refractivity contribution in [3.8, 4) is 0 Å². The third kappa shape index (κ3) is 4.38. The number of amides is 2. The third-order valence-corrected chi connectivity index (χ3v) is 1.73. The Morgan fingerprint density at radius 3 is 2.71 bits per heavy atom. The molecule has 1 atom stereocenters. The average Bonchev–Trinajstić information content (AvgIpc) is 2.29. The summed E-state index contributed by atoms with van der Waals surface area (Å²) in [5.74, 6) is -1.28. The van der Waals surface area contributed by atoms with Crippen molar-refractivity contribution in [1.82, 2.24) is 20.5 Å². The number of carboxylic acid groups (broad SMARTS) is 1. The summed E-state index contributed by atoms with van der Waals surface area (Å²) in [5.41, 5.74) is 0. The molecular formula is C8H11N5O4. The van der Waals surface area contributed by atoms with E-state index in [2.05, 4.69) is 25.8 Å². The van der Waals surface area contributed by atoms with Crippen molar-refractivity contribution in [3.05, 3.63) is 12.4 Å². The Morgan fingerprint density at radius 1 is 1.41 bits per heavy atom. The molecule has 1 rings (SSSR count). The molecule has 0 aromatic carbocycles. The van der Waals surface area contributed by atoms with E-state index >= 15 is 0 Å². The van der Waals surface area contributed by atoms with Crippen molar-refractivity contribution in [2.75, 3.05) is 11.9 Å². The van der Waals surface area contributed by atoms with Crippen LogP contribution in [-0.4, -0.2) is 50.0 Å². The summed E-state index contributed by atoms with van der Waals surface area (Å²) in [7, 11) is 0. The fourth-order valence-electron chi connectivity index (χ4n) is 0.987. The molecule has 0 fully saturated rings. The number of hydrogen-bond acceptors (Lipinski definition) is 6. The summed E-state index contributed by atoms with van der Waals surface area (Å²) in [6, 6.07) is -1.95. The number of carbonyl (C=O) groups excluding carboxylic acids is 1. The minimum Gasteiger partial charge on any atom is -0.480 e. The highest BCUT2D eigenvalue weighted by molar-refractivity contribution is 5.90. The van der Waals surface area contributed by atoms with Crippen LogP contribution >= 0.6 is 0 Å². The summed E-state index contributed by atoms with van der Waals surface area (Å²) in [5, 5.41) is 28.7. The number of carboxylic acids is 1. The van der Waals surface area contributed by atoms with Crippen LogP contribution in [-0.2, 0) is 4.79 Å². The van der Waals surface area contributed by atoms with Crippen LogP contribution in [0.1, 0.15) is 6.42 Å². The molecule has 1 heterocycles. The molecular weight excluding hydrogens is 230 g/mol. The van der Waals surface area contributed by atoms with Gasteiger partial charge in [0, 0.05) is 13.0 Å². The standard InChI is InChI=1S/C8H11N5O4/c14-4-1-5(6(15)16)11-8(17)12-7-9-2-3-10-13-7/h2-3,5,14H,1,4H2,(H,15,16)(H2,9,11,12,13,17)/t5-/m0/s1. The second kappa shape index (κ2) is 6.33. The van der Waals surface area contributed by atoms with Crippen molar-refractivity contribution in [3.63, 3.8) is 0 Å². The number of carbonyl (C=O) groups is 2. The monoisotopic (exact) mass is 241 g/mol. The van der Waals surface area contributed by atoms with Crippen LogP contribution in [0.2, 0.25) is 0 Å². The van der Waals surface area contributed by atoms with Gasteiger partial charge in [0.1, 0.15) is 6.04 Å². The summed E-state index contributed by atoms with van der Waals surface area (Å²) in [6.45, 7) is -0.347. The molecule has 0 bridgehead atoms. The average molecular weight is 241 g/mol. The second-order valence-electron chi connectivity index (χ2n) is 2.97. The molecule has 1 aromatic rings. The minimum atomic E-state index is -1.23. The molecule has 0 aliphatic rings. The van der Waals surface area contributed by atoms with E-state index in [1.807, 2.05) is 0 Å². The number of rotatable bonds is 5. The molecule has 0 unspecified atom stereocenters. The van der Waals surface area contributed by atoms with Gasteiger partial charge in [-0.15, -0.1) is 5.10 Å². The predicted molar refractivity (Wildman–Crippen MR) is 55.1 cm³/mol. The molecule has 1 aromatic heterocycles. The Morgan fingerprint density at radius 2 is 2.18 bits per heavy atom. The van der Waals surface area contributed by atoms with Crippen molar-refractivity contribution in [2.24, 2.45) is 0 Å². The normalized spacial score (nSPS) is 11.6. The number of aliphatic carboxylic acids is 1. The van der Waals surface area contributed by atoms with Gasteiger partial charge in [0.05, 0.1) is 12.4 Å². The van der Waals surface area contributed by atoms with E-state index in [0.29, 0.717) is 0 Å². The van der Waals surface area contributed by atoms with Crippen molar-refractivity contribution < 1.29 is 19.8 Å². The fourth-order valence-corrected chi connectivity index (χ4v) is 0.987. The van der Waals surface area contributed by atoms with Crippen molar-refractivity contribution >= 4 is 17.9 Å². The van der Waals surface area contributed by atoms with Gasteiger partial charge in [-0.2, -0.15) is 5.10 Å². The maximum atomic E-state index is 11.3. The van der Waals surface area contributed by atoms with Gasteiger partial charge >= 0.3 is 12.0 Å². The topological polar surface area (TPSA) is 137 Å². The number of aliphatic hydroxyl groups is 1. The van der Waals surface area contributed by atoms with E-state index in [4.69, 9.17) is 10.2 Å². The number of aliphatic hydroxyl groups excluding tert-OH is 1. The number of anilines is 1. The number of urea groups is 1. The molecule has 9 heteroatoms. The lowest BCUT2D eigenvalue weighted by Crippen LogP contribution is -2.43. The molecule has 0 aliphatic carbocycles. The second-order valence-corrected chi connectivity index (χ2v) is 2.97. The number of hydrogen-bond donors (Lipinski definition) is 4. The van der Waals surface area contributed by atoms with Crippen LogP contribution in [0.15, 0.2) is 12.4 Å². The lowest BCUT2D eigenvalue weighted by molar-refractivity contribution is -0.139. The lowest BCUT2D eigenvalue weighted by Gasteiger charge is -2.12. The molecule has 0 spiro atoms. The SMILES string of the molecule is O=C(Nc1nccnn1)N[C@@H](CCO)C(=O)O. The zero-order chi connectivity index (χ0) is 12.7. The van der Waals surface area contributed by atoms with Gasteiger partial charge in [-0.25, -0.2) is 14.6 Å². The van der Waals surface area contributed by atoms with Crippen LogP contribution in [0.4, 0.5) is 10.7 Å². The largest absolute Gasteiger partial charge is 0.480 e. The van der Waals surface area contributed by atoms with Crippen LogP contribution in [0, 0.1) is 0 Å². The smallest absolute Gasteiger partial charge is 0.326 e. The summed E-state index contributed by atoms with van der Waals surface area (Å²) in [4.78, 5) is 25.7. The molecule has 4 N–H and O–H groups in total. The van der Waals surface area contributed by atoms with Gasteiger partial charge in [-0.3, -0.25) is 5.32 Å². The van der Waals surface area contributed by atoms with Crippen LogP contribution in [0.25, 0.3) is 0 Å². The minimum absolute atomic E-state index is 0.0434. The van der Waals surface area contributed by atoms with Gasteiger partial charge in [-0.05, 0) is 0 Å². The fraction of sp³-hybridized carbons (Fsp3) is 0.375. The highest BCUT2D eigenvalue weighted by atomic mass is 16.4. The van der Waals surface area contributed by atoms with E-state index in [9.17, 15) is 9.59 Å². The Balaban J connectivity index is 2.51. The summed E-state index contributed by atoms with van der Waals surface area (Å²) >= 11 is 0. The van der Waals surface area contributed by atoms with E-state index < -0.39 is 18.0 Å². The zero-order valence-corrected chi connectivity index (χ0v) is 8.70. The first-order chi connectivity index (χ1) is 8.13. The van der Waals surface area contributed by atoms with Crippen molar-refractivity contribution in [2.45, 2.75) is 12.5 Å². The van der Waals surface area contributed by atoms with Gasteiger partial charge in [0.25, 0.3) is 5.95 Å². The Kier molecular flexibility index (Phi) is 4.76. The van der Waals surface area contributed by atoms with Gasteiger partial charge < -0.3 is 15.5 Å². The van der Waals surface area contributed by atoms with E-state index in [1.165, 1.54) is 12.4 Å². The van der Waals surface area contributed by atoms with Crippen molar-refractivity contribution in [1.29, 1.82) is 0 Å². The zero-order valence-electron chi connectivity index (χ0n) is 8.70. The summed E-state index contributed by atoms with van der Waals surface area (Å²) < 4.78 is 0. The first-order valence-electron chi connectivity index (χ1n) is 4.68. The summed E-state index contributed by atoms with van der Waals surface area (Å²) in [6.07, 6.45) is 2.57. The Hall–Kier alpha value is -2.29. The molecule has 9 nitrogen and oxygen atoms in total. The molecule has 0 saturated heterocycles. The molecule has 2 amide bonds. The molecule has 0 radical (unpaired) electrons. The van der Waals surface area contributed by atoms with E-state index in [-0.39, 0.29) is 19.0 Å². The molecule has 92 valence electrons. The third-order valence-electron chi connectivity index (χ3n) is 1.73. The number of nitrogens with zero attached hydrogens (tertiary/aromatic N) is 3. The number of nitrogens with one attached hydrogen (secondary N) is 2. The quantitative estimate of drug-likeness (QED) is 0.509. The van der Waals surface area contributed by atoms with Gasteiger partial charge in [0.2, 0.25) is 0 Å². The molecule has 17 heavy (non-hydrogen) atoms. The molecule has 0 aliphatic heterocycles. The maximum absolute atomic E-state index is 11.3.